The van der Waals surface area contributed by atoms with E-state index in [0.717, 1.165) is 0 Å². The minimum absolute atomic E-state index is 1.16. The summed E-state index contributed by atoms with van der Waals surface area (Å²) in [6.45, 7) is 4.42. The van der Waals surface area contributed by atoms with E-state index in [1.54, 1.807) is 7.11 Å². The largest absolute Gasteiger partial charge is 0.420 e. The van der Waals surface area contributed by atoms with Gasteiger partial charge in [-0.2, -0.15) is 0 Å². The molecule has 0 saturated carbocycles. The number of rotatable bonds is 2. The van der Waals surface area contributed by atoms with Crippen molar-refractivity contribution in [1.82, 2.24) is 0 Å². The van der Waals surface area contributed by atoms with Crippen molar-refractivity contribution in [2.75, 3.05) is 11.2 Å². The zero-order chi connectivity index (χ0) is 5.91. The van der Waals surface area contributed by atoms with Crippen molar-refractivity contribution in [3.63, 3.8) is 0 Å². The van der Waals surface area contributed by atoms with E-state index in [1.807, 2.05) is 0 Å². The molecule has 0 unspecified atom stereocenters. The van der Waals surface area contributed by atoms with Crippen LogP contribution >= 0.6 is 22.6 Å². The van der Waals surface area contributed by atoms with E-state index >= 15 is 0 Å². The van der Waals surface area contributed by atoms with Crippen LogP contribution in [-0.4, -0.2) is 19.5 Å². The van der Waals surface area contributed by atoms with Crippen molar-refractivity contribution in [1.29, 1.82) is 0 Å². The third-order valence-electron chi connectivity index (χ3n) is 0.874. The second-order valence-corrected chi connectivity index (χ2v) is 8.58. The van der Waals surface area contributed by atoms with Gasteiger partial charge in [0.1, 0.15) is 0 Å². The normalized spacial score (nSPS) is 12.0. The van der Waals surface area contributed by atoms with Gasteiger partial charge in [0.05, 0.1) is 0 Å². The smallest absolute Gasteiger partial charge is 0.195 e. The molecule has 0 aromatic carbocycles. The molecule has 3 heteroatoms. The Bertz CT molecular complexity index is 49.7. The van der Waals surface area contributed by atoms with Crippen LogP contribution in [0.5, 0.6) is 0 Å². The molecule has 1 nitrogen and oxygen atoms in total. The highest BCUT2D eigenvalue weighted by Gasteiger charge is 2.16. The molecule has 0 aromatic rings. The lowest BCUT2D eigenvalue weighted by atomic mass is 11.8. The summed E-state index contributed by atoms with van der Waals surface area (Å²) < 4.78 is 6.40. The monoisotopic (exact) mass is 230 g/mol. The molecule has 0 aliphatic heterocycles. The van der Waals surface area contributed by atoms with Gasteiger partial charge in [0.15, 0.2) is 8.32 Å². The molecule has 0 spiro atoms. The third kappa shape index (κ3) is 3.49. The van der Waals surface area contributed by atoms with E-state index in [-0.39, 0.29) is 0 Å². The van der Waals surface area contributed by atoms with Crippen LogP contribution in [0.3, 0.4) is 0 Å². The first-order valence-corrected chi connectivity index (χ1v) is 6.87. The lowest BCUT2D eigenvalue weighted by Crippen LogP contribution is -2.30. The van der Waals surface area contributed by atoms with Crippen molar-refractivity contribution >= 4 is 30.9 Å². The van der Waals surface area contributed by atoms with E-state index in [1.165, 1.54) is 4.05 Å². The molecule has 0 N–H and O–H groups in total. The SMILES string of the molecule is CO[Si](C)(C)CI. The van der Waals surface area contributed by atoms with Crippen molar-refractivity contribution in [3.05, 3.63) is 0 Å². The van der Waals surface area contributed by atoms with Crippen LogP contribution in [0, 0.1) is 0 Å². The second-order valence-electron chi connectivity index (χ2n) is 2.10. The maximum absolute atomic E-state index is 5.22. The molecule has 0 rings (SSSR count). The minimum atomic E-state index is -1.16. The summed E-state index contributed by atoms with van der Waals surface area (Å²) in [6, 6.07) is 0. The fourth-order valence-corrected chi connectivity index (χ4v) is 1.10. The summed E-state index contributed by atoms with van der Waals surface area (Å²) in [7, 11) is 0.632. The first-order valence-electron chi connectivity index (χ1n) is 2.23. The molecule has 44 valence electrons. The zero-order valence-corrected chi connectivity index (χ0v) is 8.15. The molecular weight excluding hydrogens is 219 g/mol. The fraction of sp³-hybridized carbons (Fsp3) is 1.00. The Morgan fingerprint density at radius 2 is 2.00 bits per heavy atom. The van der Waals surface area contributed by atoms with Gasteiger partial charge >= 0.3 is 0 Å². The molecule has 0 heterocycles. The maximum atomic E-state index is 5.22. The maximum Gasteiger partial charge on any atom is 0.195 e. The second kappa shape index (κ2) is 3.04. The van der Waals surface area contributed by atoms with E-state index in [2.05, 4.69) is 35.7 Å². The molecule has 0 aromatic heterocycles. The Kier molecular flexibility index (Phi) is 3.43. The first kappa shape index (κ1) is 7.91. The number of halogens is 1. The van der Waals surface area contributed by atoms with Gasteiger partial charge in [-0.15, -0.1) is 0 Å². The molecule has 0 amide bonds. The zero-order valence-electron chi connectivity index (χ0n) is 4.99. The van der Waals surface area contributed by atoms with Crippen LogP contribution in [0.15, 0.2) is 0 Å². The van der Waals surface area contributed by atoms with Crippen molar-refractivity contribution < 1.29 is 4.43 Å². The van der Waals surface area contributed by atoms with Gasteiger partial charge in [-0.05, 0) is 13.1 Å². The number of hydrogen-bond donors (Lipinski definition) is 0. The fourth-order valence-electron chi connectivity index (χ4n) is 0.0546. The van der Waals surface area contributed by atoms with Crippen LogP contribution in [0.25, 0.3) is 0 Å². The molecule has 0 aliphatic rings. The number of alkyl halides is 1. The van der Waals surface area contributed by atoms with Crippen molar-refractivity contribution in [2.24, 2.45) is 0 Å². The van der Waals surface area contributed by atoms with Crippen molar-refractivity contribution in [2.45, 2.75) is 13.1 Å². The molecule has 0 fully saturated rings. The predicted molar refractivity (Wildman–Crippen MR) is 43.4 cm³/mol. The van der Waals surface area contributed by atoms with E-state index in [0.29, 0.717) is 0 Å². The third-order valence-corrected chi connectivity index (χ3v) is 8.13. The summed E-state index contributed by atoms with van der Waals surface area (Å²) in [5, 5.41) is 0. The Hall–Kier alpha value is 0.907. The molecule has 7 heavy (non-hydrogen) atoms. The standard InChI is InChI=1S/C4H11IOSi/c1-6-7(2,3)4-5/h4H2,1-3H3. The predicted octanol–water partition coefficient (Wildman–Crippen LogP) is 1.81. The average Bonchev–Trinajstić information content (AvgIpc) is 1.68. The van der Waals surface area contributed by atoms with Crippen LogP contribution in [0.2, 0.25) is 13.1 Å². The minimum Gasteiger partial charge on any atom is -0.420 e. The van der Waals surface area contributed by atoms with Gasteiger partial charge in [0.2, 0.25) is 0 Å². The van der Waals surface area contributed by atoms with Crippen LogP contribution in [-0.2, 0) is 4.43 Å². The summed E-state index contributed by atoms with van der Waals surface area (Å²) in [5.41, 5.74) is 0. The summed E-state index contributed by atoms with van der Waals surface area (Å²) in [4.78, 5) is 0. The lowest BCUT2D eigenvalue weighted by Gasteiger charge is -2.14. The van der Waals surface area contributed by atoms with E-state index in [4.69, 9.17) is 4.43 Å². The van der Waals surface area contributed by atoms with E-state index < -0.39 is 8.32 Å². The lowest BCUT2D eigenvalue weighted by molar-refractivity contribution is 0.410. The first-order chi connectivity index (χ1) is 3.12. The molecule has 0 atom stereocenters. The van der Waals surface area contributed by atoms with Crippen LogP contribution < -0.4 is 0 Å². The topological polar surface area (TPSA) is 9.23 Å². The molecule has 0 aliphatic carbocycles. The Morgan fingerprint density at radius 1 is 1.57 bits per heavy atom. The van der Waals surface area contributed by atoms with Gasteiger partial charge in [-0.3, -0.25) is 0 Å². The Labute approximate surface area is 59.7 Å². The summed E-state index contributed by atoms with van der Waals surface area (Å²) in [6.07, 6.45) is 0. The van der Waals surface area contributed by atoms with Gasteiger partial charge in [-0.1, -0.05) is 22.6 Å². The van der Waals surface area contributed by atoms with Gasteiger partial charge in [0.25, 0.3) is 0 Å². The molecular formula is C4H11IOSi. The molecule has 0 bridgehead atoms. The summed E-state index contributed by atoms with van der Waals surface area (Å²) >= 11 is 2.37. The quantitative estimate of drug-likeness (QED) is 0.399. The van der Waals surface area contributed by atoms with Gasteiger partial charge in [-0.25, -0.2) is 0 Å². The number of hydrogen-bond acceptors (Lipinski definition) is 1. The molecule has 0 radical (unpaired) electrons. The van der Waals surface area contributed by atoms with Crippen molar-refractivity contribution in [3.8, 4) is 0 Å². The average molecular weight is 230 g/mol. The van der Waals surface area contributed by atoms with Crippen LogP contribution in [0.4, 0.5) is 0 Å². The molecule has 0 saturated heterocycles. The summed E-state index contributed by atoms with van der Waals surface area (Å²) in [5.74, 6) is 0. The van der Waals surface area contributed by atoms with Crippen LogP contribution in [0.1, 0.15) is 0 Å². The highest BCUT2D eigenvalue weighted by molar-refractivity contribution is 14.1. The van der Waals surface area contributed by atoms with Gasteiger partial charge < -0.3 is 4.43 Å². The van der Waals surface area contributed by atoms with Gasteiger partial charge in [0, 0.05) is 11.2 Å². The highest BCUT2D eigenvalue weighted by atomic mass is 127. The Balaban J connectivity index is 3.36. The highest BCUT2D eigenvalue weighted by Crippen LogP contribution is 2.04. The Morgan fingerprint density at radius 3 is 2.00 bits per heavy atom. The van der Waals surface area contributed by atoms with E-state index in [9.17, 15) is 0 Å².